The number of hydrogen-bond donors (Lipinski definition) is 1. The topological polar surface area (TPSA) is 76.1 Å². The Morgan fingerprint density at radius 2 is 2.47 bits per heavy atom. The number of hydrogen-bond acceptors (Lipinski definition) is 4. The van der Waals surface area contributed by atoms with Gasteiger partial charge in [0.1, 0.15) is 11.5 Å². The van der Waals surface area contributed by atoms with Gasteiger partial charge in [-0.05, 0) is 6.42 Å². The van der Waals surface area contributed by atoms with E-state index in [1.54, 1.807) is 18.1 Å². The van der Waals surface area contributed by atoms with Gasteiger partial charge in [-0.3, -0.25) is 9.59 Å². The number of carbonyl (C=O) groups excluding carboxylic acids is 1. The molecule has 19 heavy (non-hydrogen) atoms. The Hall–Kier alpha value is -1.40. The number of ether oxygens (including phenoxy) is 2. The van der Waals surface area contributed by atoms with Crippen LogP contribution < -0.4 is 0 Å². The van der Waals surface area contributed by atoms with Crippen molar-refractivity contribution in [3.05, 3.63) is 12.2 Å². The summed E-state index contributed by atoms with van der Waals surface area (Å²) < 4.78 is 10.8. The molecule has 2 fully saturated rings. The van der Waals surface area contributed by atoms with E-state index in [1.807, 2.05) is 6.08 Å². The predicted octanol–water partition coefficient (Wildman–Crippen LogP) is -0.111. The molecular weight excluding hydrogens is 250 g/mol. The number of methoxy groups -OCH3 is 1. The quantitative estimate of drug-likeness (QED) is 0.555. The van der Waals surface area contributed by atoms with Crippen LogP contribution in [0.5, 0.6) is 0 Å². The lowest BCUT2D eigenvalue weighted by molar-refractivity contribution is -0.148. The van der Waals surface area contributed by atoms with Crippen LogP contribution in [0.25, 0.3) is 0 Å². The van der Waals surface area contributed by atoms with Gasteiger partial charge < -0.3 is 19.5 Å². The lowest BCUT2D eigenvalue weighted by atomic mass is 9.77. The maximum Gasteiger partial charge on any atom is 0.310 e. The second kappa shape index (κ2) is 4.31. The van der Waals surface area contributed by atoms with Crippen molar-refractivity contribution in [3.8, 4) is 0 Å². The number of likely N-dealkylation sites (tertiary alicyclic amines) is 1. The van der Waals surface area contributed by atoms with Crippen LogP contribution in [0.2, 0.25) is 0 Å². The molecule has 0 unspecified atom stereocenters. The standard InChI is InChI=1S/C13H17NO5/c1-18-6-2-5-14-7-13-4-3-8(19-13)9(12(16)17)10(13)11(14)15/h3-4,8-10H,2,5-7H2,1H3,(H,16,17)/t8-,9-,10-,13+/m0/s1. The Morgan fingerprint density at radius 1 is 1.68 bits per heavy atom. The van der Waals surface area contributed by atoms with E-state index < -0.39 is 29.5 Å². The Labute approximate surface area is 111 Å². The molecule has 0 aromatic carbocycles. The molecular formula is C13H17NO5. The monoisotopic (exact) mass is 267 g/mol. The van der Waals surface area contributed by atoms with Crippen LogP contribution in [0.4, 0.5) is 0 Å². The van der Waals surface area contributed by atoms with Gasteiger partial charge in [-0.15, -0.1) is 0 Å². The van der Waals surface area contributed by atoms with Crippen molar-refractivity contribution in [2.75, 3.05) is 26.8 Å². The molecule has 0 aromatic heterocycles. The molecule has 3 aliphatic rings. The summed E-state index contributed by atoms with van der Waals surface area (Å²) in [5.74, 6) is -2.36. The normalized spacial score (nSPS) is 39.1. The first kappa shape index (κ1) is 12.6. The van der Waals surface area contributed by atoms with Crippen molar-refractivity contribution in [1.29, 1.82) is 0 Å². The number of carbonyl (C=O) groups is 2. The van der Waals surface area contributed by atoms with Crippen molar-refractivity contribution in [1.82, 2.24) is 4.90 Å². The number of rotatable bonds is 5. The van der Waals surface area contributed by atoms with E-state index in [-0.39, 0.29) is 5.91 Å². The zero-order valence-corrected chi connectivity index (χ0v) is 10.7. The lowest BCUT2D eigenvalue weighted by Crippen LogP contribution is -2.39. The number of fused-ring (bicyclic) bond motifs is 1. The molecule has 0 saturated carbocycles. The third-order valence-corrected chi connectivity index (χ3v) is 4.24. The van der Waals surface area contributed by atoms with Crippen LogP contribution in [-0.4, -0.2) is 60.4 Å². The molecule has 6 nitrogen and oxygen atoms in total. The summed E-state index contributed by atoms with van der Waals surface area (Å²) in [4.78, 5) is 25.4. The highest BCUT2D eigenvalue weighted by molar-refractivity contribution is 5.90. The number of amides is 1. The molecule has 104 valence electrons. The molecule has 0 radical (unpaired) electrons. The highest BCUT2D eigenvalue weighted by Crippen LogP contribution is 2.51. The van der Waals surface area contributed by atoms with E-state index in [9.17, 15) is 14.7 Å². The van der Waals surface area contributed by atoms with Gasteiger partial charge in [-0.1, -0.05) is 12.2 Å². The summed E-state index contributed by atoms with van der Waals surface area (Å²) in [5, 5.41) is 9.29. The zero-order valence-electron chi connectivity index (χ0n) is 10.7. The van der Waals surface area contributed by atoms with Gasteiger partial charge in [0.15, 0.2) is 0 Å². The summed E-state index contributed by atoms with van der Waals surface area (Å²) in [6.07, 6.45) is 3.94. The highest BCUT2D eigenvalue weighted by Gasteiger charge is 2.66. The first-order valence-corrected chi connectivity index (χ1v) is 6.47. The van der Waals surface area contributed by atoms with Crippen molar-refractivity contribution in [2.45, 2.75) is 18.1 Å². The Kier molecular flexibility index (Phi) is 2.87. The molecule has 0 aromatic rings. The zero-order chi connectivity index (χ0) is 13.6. The fraction of sp³-hybridized carbons (Fsp3) is 0.692. The van der Waals surface area contributed by atoms with Crippen molar-refractivity contribution < 1.29 is 24.2 Å². The molecule has 1 N–H and O–H groups in total. The van der Waals surface area contributed by atoms with Crippen LogP contribution in [0.3, 0.4) is 0 Å². The summed E-state index contributed by atoms with van der Waals surface area (Å²) in [6.45, 7) is 1.62. The average molecular weight is 267 g/mol. The van der Waals surface area contributed by atoms with Crippen molar-refractivity contribution >= 4 is 11.9 Å². The van der Waals surface area contributed by atoms with Crippen LogP contribution >= 0.6 is 0 Å². The van der Waals surface area contributed by atoms with E-state index in [4.69, 9.17) is 9.47 Å². The van der Waals surface area contributed by atoms with Crippen LogP contribution in [0, 0.1) is 11.8 Å². The van der Waals surface area contributed by atoms with Gasteiger partial charge in [-0.25, -0.2) is 0 Å². The first-order valence-electron chi connectivity index (χ1n) is 6.47. The van der Waals surface area contributed by atoms with E-state index >= 15 is 0 Å². The fourth-order valence-corrected chi connectivity index (χ4v) is 3.45. The van der Waals surface area contributed by atoms with Gasteiger partial charge in [0.2, 0.25) is 5.91 Å². The maximum absolute atomic E-state index is 12.4. The minimum Gasteiger partial charge on any atom is -0.481 e. The first-order chi connectivity index (χ1) is 9.09. The summed E-state index contributed by atoms with van der Waals surface area (Å²) in [7, 11) is 1.62. The minimum absolute atomic E-state index is 0.102. The van der Waals surface area contributed by atoms with E-state index in [1.165, 1.54) is 0 Å². The summed E-state index contributed by atoms with van der Waals surface area (Å²) >= 11 is 0. The number of nitrogens with zero attached hydrogens (tertiary/aromatic N) is 1. The maximum atomic E-state index is 12.4. The van der Waals surface area contributed by atoms with Crippen molar-refractivity contribution in [2.24, 2.45) is 11.8 Å². The van der Waals surface area contributed by atoms with Gasteiger partial charge in [-0.2, -0.15) is 0 Å². The molecule has 3 rings (SSSR count). The number of carboxylic acids is 1. The molecule has 4 atom stereocenters. The van der Waals surface area contributed by atoms with Crippen LogP contribution in [0.1, 0.15) is 6.42 Å². The third-order valence-electron chi connectivity index (χ3n) is 4.24. The predicted molar refractivity (Wildman–Crippen MR) is 64.4 cm³/mol. The number of carboxylic acid groups (broad SMARTS) is 1. The van der Waals surface area contributed by atoms with Crippen molar-refractivity contribution in [3.63, 3.8) is 0 Å². The Balaban J connectivity index is 1.79. The summed E-state index contributed by atoms with van der Waals surface area (Å²) in [6, 6.07) is 0. The second-order valence-corrected chi connectivity index (χ2v) is 5.34. The van der Waals surface area contributed by atoms with E-state index in [0.717, 1.165) is 6.42 Å². The van der Waals surface area contributed by atoms with Gasteiger partial charge in [0, 0.05) is 20.3 Å². The fourth-order valence-electron chi connectivity index (χ4n) is 3.45. The lowest BCUT2D eigenvalue weighted by Gasteiger charge is -2.21. The number of aliphatic carboxylic acids is 1. The molecule has 6 heteroatoms. The molecule has 2 bridgehead atoms. The highest BCUT2D eigenvalue weighted by atomic mass is 16.5. The molecule has 1 amide bonds. The average Bonchev–Trinajstić information content (AvgIpc) is 2.99. The summed E-state index contributed by atoms with van der Waals surface area (Å²) in [5.41, 5.74) is -0.710. The largest absolute Gasteiger partial charge is 0.481 e. The molecule has 0 aliphatic carbocycles. The van der Waals surface area contributed by atoms with Crippen LogP contribution in [0.15, 0.2) is 12.2 Å². The smallest absolute Gasteiger partial charge is 0.310 e. The van der Waals surface area contributed by atoms with Gasteiger partial charge in [0.05, 0.1) is 18.6 Å². The molecule has 2 saturated heterocycles. The minimum atomic E-state index is -0.951. The van der Waals surface area contributed by atoms with E-state index in [2.05, 4.69) is 0 Å². The Morgan fingerprint density at radius 3 is 3.16 bits per heavy atom. The van der Waals surface area contributed by atoms with Crippen LogP contribution in [-0.2, 0) is 19.1 Å². The van der Waals surface area contributed by atoms with Gasteiger partial charge in [0.25, 0.3) is 0 Å². The molecule has 1 spiro atoms. The SMILES string of the molecule is COCCCN1C[C@@]23C=C[C@H](O2)[C@H](C(=O)O)[C@H]3C1=O. The second-order valence-electron chi connectivity index (χ2n) is 5.34. The molecule has 3 aliphatic heterocycles. The van der Waals surface area contributed by atoms with E-state index in [0.29, 0.717) is 19.7 Å². The third kappa shape index (κ3) is 1.70. The Bertz CT molecular complexity index is 448. The molecule has 3 heterocycles. The van der Waals surface area contributed by atoms with Gasteiger partial charge >= 0.3 is 5.97 Å².